The van der Waals surface area contributed by atoms with Crippen LogP contribution in [0.2, 0.25) is 0 Å². The van der Waals surface area contributed by atoms with E-state index in [1.807, 2.05) is 48.7 Å². The van der Waals surface area contributed by atoms with Crippen molar-refractivity contribution < 1.29 is 8.42 Å². The normalized spacial score (nSPS) is 14.9. The second kappa shape index (κ2) is 9.20. The highest BCUT2D eigenvalue weighted by atomic mass is 32.2. The Hall–Kier alpha value is -3.63. The highest BCUT2D eigenvalue weighted by Gasteiger charge is 2.16. The number of fused-ring (bicyclic) bond motifs is 1. The largest absolute Gasteiger partial charge is 0.369 e. The van der Waals surface area contributed by atoms with Gasteiger partial charge in [-0.1, -0.05) is 18.2 Å². The molecule has 1 saturated heterocycles. The Bertz CT molecular complexity index is 1460. The van der Waals surface area contributed by atoms with E-state index in [1.54, 1.807) is 17.6 Å². The van der Waals surface area contributed by atoms with E-state index < -0.39 is 10.0 Å². The molecule has 0 unspecified atom stereocenters. The summed E-state index contributed by atoms with van der Waals surface area (Å²) in [6.07, 6.45) is 3.04. The Morgan fingerprint density at radius 2 is 1.74 bits per heavy atom. The first-order valence-corrected chi connectivity index (χ1v) is 13.3. The average molecular weight is 492 g/mol. The highest BCUT2D eigenvalue weighted by Crippen LogP contribution is 2.29. The molecular weight excluding hydrogens is 462 g/mol. The Balaban J connectivity index is 1.43. The van der Waals surface area contributed by atoms with E-state index in [-0.39, 0.29) is 0 Å². The SMILES string of the molecule is CN1CCN(c2cccc(Nc3nc4c(-c5cccc(N(C)S(C)(=O)=O)c5)cccn4n3)c2)CC1. The van der Waals surface area contributed by atoms with E-state index in [9.17, 15) is 8.42 Å². The van der Waals surface area contributed by atoms with E-state index in [0.717, 1.165) is 43.0 Å². The second-order valence-electron chi connectivity index (χ2n) is 8.87. The summed E-state index contributed by atoms with van der Waals surface area (Å²) < 4.78 is 27.0. The average Bonchev–Trinajstić information content (AvgIpc) is 3.26. The molecule has 2 aromatic heterocycles. The van der Waals surface area contributed by atoms with Crippen molar-refractivity contribution in [2.45, 2.75) is 0 Å². The summed E-state index contributed by atoms with van der Waals surface area (Å²) in [6, 6.07) is 19.6. The fourth-order valence-electron chi connectivity index (χ4n) is 4.22. The first-order chi connectivity index (χ1) is 16.8. The highest BCUT2D eigenvalue weighted by molar-refractivity contribution is 7.92. The molecule has 1 aliphatic heterocycles. The second-order valence-corrected chi connectivity index (χ2v) is 10.9. The van der Waals surface area contributed by atoms with Crippen LogP contribution in [-0.2, 0) is 10.0 Å². The molecule has 3 heterocycles. The van der Waals surface area contributed by atoms with Crippen LogP contribution in [-0.4, -0.2) is 74.4 Å². The number of anilines is 4. The Labute approximate surface area is 205 Å². The van der Waals surface area contributed by atoms with Crippen LogP contribution in [0.4, 0.5) is 23.0 Å². The number of nitrogens with one attached hydrogen (secondary N) is 1. The van der Waals surface area contributed by atoms with E-state index in [2.05, 4.69) is 39.4 Å². The van der Waals surface area contributed by atoms with Gasteiger partial charge in [-0.15, -0.1) is 5.10 Å². The third-order valence-corrected chi connectivity index (χ3v) is 7.56. The fraction of sp³-hybridized carbons (Fsp3) is 0.280. The number of rotatable bonds is 6. The molecule has 182 valence electrons. The molecule has 1 aliphatic rings. The van der Waals surface area contributed by atoms with Crippen LogP contribution in [0.5, 0.6) is 0 Å². The number of aromatic nitrogens is 3. The molecule has 4 aromatic rings. The van der Waals surface area contributed by atoms with Crippen LogP contribution < -0.4 is 14.5 Å². The summed E-state index contributed by atoms with van der Waals surface area (Å²) in [7, 11) is 0.340. The van der Waals surface area contributed by atoms with E-state index >= 15 is 0 Å². The number of hydrogen-bond acceptors (Lipinski definition) is 7. The molecule has 1 N–H and O–H groups in total. The first-order valence-electron chi connectivity index (χ1n) is 11.5. The molecule has 1 fully saturated rings. The fourth-order valence-corrected chi connectivity index (χ4v) is 4.72. The van der Waals surface area contributed by atoms with Gasteiger partial charge < -0.3 is 15.1 Å². The molecule has 2 aromatic carbocycles. The van der Waals surface area contributed by atoms with Gasteiger partial charge in [-0.3, -0.25) is 4.31 Å². The molecule has 5 rings (SSSR count). The predicted octanol–water partition coefficient (Wildman–Crippen LogP) is 3.29. The summed E-state index contributed by atoms with van der Waals surface area (Å²) in [5.41, 5.74) is 5.10. The lowest BCUT2D eigenvalue weighted by molar-refractivity contribution is 0.313. The molecule has 0 spiro atoms. The van der Waals surface area contributed by atoms with Crippen LogP contribution in [0.1, 0.15) is 0 Å². The summed E-state index contributed by atoms with van der Waals surface area (Å²) >= 11 is 0. The molecular formula is C25H29N7O2S. The van der Waals surface area contributed by atoms with Gasteiger partial charge in [-0.05, 0) is 55.1 Å². The molecule has 0 atom stereocenters. The number of hydrogen-bond donors (Lipinski definition) is 1. The zero-order valence-electron chi connectivity index (χ0n) is 20.1. The lowest BCUT2D eigenvalue weighted by Gasteiger charge is -2.34. The Morgan fingerprint density at radius 3 is 2.51 bits per heavy atom. The number of benzene rings is 2. The van der Waals surface area contributed by atoms with Gasteiger partial charge in [0.05, 0.1) is 11.9 Å². The summed E-state index contributed by atoms with van der Waals surface area (Å²) in [4.78, 5) is 9.48. The summed E-state index contributed by atoms with van der Waals surface area (Å²) in [6.45, 7) is 4.11. The molecule has 9 nitrogen and oxygen atoms in total. The molecule has 0 aliphatic carbocycles. The Morgan fingerprint density at radius 1 is 0.971 bits per heavy atom. The zero-order valence-corrected chi connectivity index (χ0v) is 20.9. The van der Waals surface area contributed by atoms with Crippen molar-refractivity contribution in [2.75, 3.05) is 61.1 Å². The van der Waals surface area contributed by atoms with Gasteiger partial charge in [-0.25, -0.2) is 12.9 Å². The molecule has 35 heavy (non-hydrogen) atoms. The minimum absolute atomic E-state index is 0.498. The van der Waals surface area contributed by atoms with Crippen molar-refractivity contribution in [3.63, 3.8) is 0 Å². The lowest BCUT2D eigenvalue weighted by atomic mass is 10.1. The predicted molar refractivity (Wildman–Crippen MR) is 141 cm³/mol. The van der Waals surface area contributed by atoms with Crippen LogP contribution in [0.3, 0.4) is 0 Å². The van der Waals surface area contributed by atoms with Crippen LogP contribution in [0.15, 0.2) is 66.9 Å². The minimum Gasteiger partial charge on any atom is -0.369 e. The van der Waals surface area contributed by atoms with E-state index in [0.29, 0.717) is 17.3 Å². The standard InChI is InChI=1S/C25H29N7O2S/c1-29-13-15-31(16-14-29)22-10-5-8-20(18-22)26-25-27-24-23(11-6-12-32(24)28-25)19-7-4-9-21(17-19)30(2)35(3,33)34/h4-12,17-18H,13-16H2,1-3H3,(H,26,28). The molecule has 0 bridgehead atoms. The van der Waals surface area contributed by atoms with Crippen molar-refractivity contribution in [2.24, 2.45) is 0 Å². The van der Waals surface area contributed by atoms with Gasteiger partial charge in [0.1, 0.15) is 0 Å². The van der Waals surface area contributed by atoms with E-state index in [4.69, 9.17) is 4.98 Å². The van der Waals surface area contributed by atoms with Crippen molar-refractivity contribution in [3.05, 3.63) is 66.9 Å². The quantitative estimate of drug-likeness (QED) is 0.443. The molecule has 0 radical (unpaired) electrons. The maximum atomic E-state index is 12.0. The van der Waals surface area contributed by atoms with Gasteiger partial charge >= 0.3 is 0 Å². The minimum atomic E-state index is -3.36. The van der Waals surface area contributed by atoms with Crippen LogP contribution in [0.25, 0.3) is 16.8 Å². The third-order valence-electron chi connectivity index (χ3n) is 6.35. The molecule has 0 amide bonds. The smallest absolute Gasteiger partial charge is 0.247 e. The Kier molecular flexibility index (Phi) is 6.08. The van der Waals surface area contributed by atoms with Crippen molar-refractivity contribution in [3.8, 4) is 11.1 Å². The first kappa shape index (κ1) is 23.1. The monoisotopic (exact) mass is 491 g/mol. The zero-order chi connectivity index (χ0) is 24.6. The number of nitrogens with zero attached hydrogens (tertiary/aromatic N) is 6. The number of pyridine rings is 1. The number of sulfonamides is 1. The van der Waals surface area contributed by atoms with Crippen LogP contribution in [0, 0.1) is 0 Å². The van der Waals surface area contributed by atoms with Gasteiger partial charge in [0.15, 0.2) is 5.65 Å². The van der Waals surface area contributed by atoms with Crippen molar-refractivity contribution >= 4 is 38.7 Å². The van der Waals surface area contributed by atoms with Gasteiger partial charge in [0, 0.05) is 56.4 Å². The van der Waals surface area contributed by atoms with Gasteiger partial charge in [0.25, 0.3) is 0 Å². The molecule has 10 heteroatoms. The van der Waals surface area contributed by atoms with Crippen molar-refractivity contribution in [1.29, 1.82) is 0 Å². The van der Waals surface area contributed by atoms with Gasteiger partial charge in [0.2, 0.25) is 16.0 Å². The van der Waals surface area contributed by atoms with Crippen LogP contribution >= 0.6 is 0 Å². The summed E-state index contributed by atoms with van der Waals surface area (Å²) in [5, 5.41) is 7.95. The third kappa shape index (κ3) is 4.94. The maximum absolute atomic E-state index is 12.0. The van der Waals surface area contributed by atoms with Gasteiger partial charge in [-0.2, -0.15) is 4.98 Å². The number of likely N-dealkylation sites (N-methyl/N-ethyl adjacent to an activating group) is 1. The lowest BCUT2D eigenvalue weighted by Crippen LogP contribution is -2.44. The summed E-state index contributed by atoms with van der Waals surface area (Å²) in [5.74, 6) is 0.498. The van der Waals surface area contributed by atoms with E-state index in [1.165, 1.54) is 16.2 Å². The number of piperazine rings is 1. The molecule has 0 saturated carbocycles. The maximum Gasteiger partial charge on any atom is 0.247 e. The van der Waals surface area contributed by atoms with Crippen molar-refractivity contribution in [1.82, 2.24) is 19.5 Å². The topological polar surface area (TPSA) is 86.1 Å².